The molecule has 1 fully saturated rings. The van der Waals surface area contributed by atoms with Crippen LogP contribution in [0.4, 0.5) is 0 Å². The molecule has 106 valence electrons. The van der Waals surface area contributed by atoms with E-state index in [-0.39, 0.29) is 6.04 Å². The molecule has 2 rings (SSSR count). The Bertz CT molecular complexity index is 511. The van der Waals surface area contributed by atoms with Crippen molar-refractivity contribution in [2.45, 2.75) is 43.5 Å². The van der Waals surface area contributed by atoms with Gasteiger partial charge in [0, 0.05) is 12.6 Å². The number of nitrogens with two attached hydrogens (primary N) is 1. The van der Waals surface area contributed by atoms with Crippen molar-refractivity contribution in [3.05, 3.63) is 29.8 Å². The molecule has 4 nitrogen and oxygen atoms in total. The maximum atomic E-state index is 12.6. The van der Waals surface area contributed by atoms with Crippen LogP contribution in [0.1, 0.15) is 31.2 Å². The first-order valence-electron chi connectivity index (χ1n) is 6.84. The zero-order valence-corrected chi connectivity index (χ0v) is 12.2. The van der Waals surface area contributed by atoms with E-state index in [2.05, 4.69) is 0 Å². The Morgan fingerprint density at radius 2 is 2.00 bits per heavy atom. The molecule has 1 saturated heterocycles. The third-order valence-corrected chi connectivity index (χ3v) is 5.66. The minimum absolute atomic E-state index is 0.120. The van der Waals surface area contributed by atoms with Gasteiger partial charge in [0.25, 0.3) is 0 Å². The van der Waals surface area contributed by atoms with Gasteiger partial charge in [-0.3, -0.25) is 0 Å². The van der Waals surface area contributed by atoms with Gasteiger partial charge in [0.15, 0.2) is 0 Å². The second kappa shape index (κ2) is 6.03. The van der Waals surface area contributed by atoms with Gasteiger partial charge >= 0.3 is 0 Å². The molecule has 1 aromatic carbocycles. The lowest BCUT2D eigenvalue weighted by atomic mass is 10.1. The monoisotopic (exact) mass is 282 g/mol. The van der Waals surface area contributed by atoms with Crippen LogP contribution in [0.25, 0.3) is 0 Å². The Morgan fingerprint density at radius 1 is 1.32 bits per heavy atom. The average molecular weight is 282 g/mol. The van der Waals surface area contributed by atoms with Gasteiger partial charge in [0.1, 0.15) is 0 Å². The molecule has 19 heavy (non-hydrogen) atoms. The van der Waals surface area contributed by atoms with Crippen LogP contribution in [0, 0.1) is 6.92 Å². The van der Waals surface area contributed by atoms with Gasteiger partial charge < -0.3 is 5.73 Å². The maximum absolute atomic E-state index is 12.6. The van der Waals surface area contributed by atoms with Crippen molar-refractivity contribution in [2.75, 3.05) is 13.1 Å². The van der Waals surface area contributed by atoms with Crippen molar-refractivity contribution in [1.29, 1.82) is 0 Å². The normalized spacial score (nSPS) is 20.8. The summed E-state index contributed by atoms with van der Waals surface area (Å²) in [5.74, 6) is 0. The largest absolute Gasteiger partial charge is 0.330 e. The molecule has 1 aromatic rings. The quantitative estimate of drug-likeness (QED) is 0.897. The van der Waals surface area contributed by atoms with Crippen LogP contribution in [-0.4, -0.2) is 31.9 Å². The smallest absolute Gasteiger partial charge is 0.243 e. The van der Waals surface area contributed by atoms with E-state index in [4.69, 9.17) is 5.73 Å². The van der Waals surface area contributed by atoms with Crippen LogP contribution in [0.5, 0.6) is 0 Å². The van der Waals surface area contributed by atoms with Gasteiger partial charge in [0.05, 0.1) is 4.90 Å². The molecular weight excluding hydrogens is 260 g/mol. The van der Waals surface area contributed by atoms with Crippen molar-refractivity contribution < 1.29 is 8.42 Å². The van der Waals surface area contributed by atoms with Crippen molar-refractivity contribution in [3.8, 4) is 0 Å². The minimum atomic E-state index is -3.34. The van der Waals surface area contributed by atoms with E-state index >= 15 is 0 Å². The lowest BCUT2D eigenvalue weighted by Gasteiger charge is -2.24. The molecule has 0 spiro atoms. The number of benzene rings is 1. The van der Waals surface area contributed by atoms with Gasteiger partial charge in [-0.05, 0) is 51.3 Å². The van der Waals surface area contributed by atoms with Crippen LogP contribution in [-0.2, 0) is 10.0 Å². The van der Waals surface area contributed by atoms with Gasteiger partial charge in [0.2, 0.25) is 10.0 Å². The highest BCUT2D eigenvalue weighted by Gasteiger charge is 2.34. The third-order valence-electron chi connectivity index (χ3n) is 3.69. The van der Waals surface area contributed by atoms with Crippen LogP contribution >= 0.6 is 0 Å². The Morgan fingerprint density at radius 3 is 2.63 bits per heavy atom. The van der Waals surface area contributed by atoms with Gasteiger partial charge in [-0.15, -0.1) is 0 Å². The zero-order chi connectivity index (χ0) is 13.9. The van der Waals surface area contributed by atoms with Gasteiger partial charge in [-0.1, -0.05) is 17.7 Å². The fourth-order valence-corrected chi connectivity index (χ4v) is 4.34. The van der Waals surface area contributed by atoms with Crippen molar-refractivity contribution >= 4 is 10.0 Å². The van der Waals surface area contributed by atoms with E-state index in [0.717, 1.165) is 31.2 Å². The maximum Gasteiger partial charge on any atom is 0.243 e. The first kappa shape index (κ1) is 14.5. The van der Waals surface area contributed by atoms with Crippen LogP contribution in [0.3, 0.4) is 0 Å². The average Bonchev–Trinajstić information content (AvgIpc) is 2.86. The van der Waals surface area contributed by atoms with Gasteiger partial charge in [-0.2, -0.15) is 4.31 Å². The van der Waals surface area contributed by atoms with E-state index in [1.54, 1.807) is 16.4 Å². The predicted octanol–water partition coefficient (Wildman–Crippen LogP) is 1.89. The van der Waals surface area contributed by atoms with Crippen molar-refractivity contribution in [1.82, 2.24) is 4.31 Å². The molecule has 0 saturated carbocycles. The highest BCUT2D eigenvalue weighted by molar-refractivity contribution is 7.89. The molecule has 0 bridgehead atoms. The van der Waals surface area contributed by atoms with E-state index in [1.807, 2.05) is 19.1 Å². The molecule has 5 heteroatoms. The standard InChI is InChI=1S/C14H22N2O2S/c1-12-6-8-14(9-7-12)19(17,18)16-11-3-5-13(16)4-2-10-15/h6-9,13H,2-5,10-11,15H2,1H3. The lowest BCUT2D eigenvalue weighted by molar-refractivity contribution is 0.365. The lowest BCUT2D eigenvalue weighted by Crippen LogP contribution is -2.35. The van der Waals surface area contributed by atoms with Crippen LogP contribution < -0.4 is 5.73 Å². The highest BCUT2D eigenvalue weighted by atomic mass is 32.2. The summed E-state index contributed by atoms with van der Waals surface area (Å²) in [6.45, 7) is 3.21. The van der Waals surface area contributed by atoms with E-state index < -0.39 is 10.0 Å². The summed E-state index contributed by atoms with van der Waals surface area (Å²) in [7, 11) is -3.34. The Labute approximate surface area is 115 Å². The minimum Gasteiger partial charge on any atom is -0.330 e. The van der Waals surface area contributed by atoms with E-state index in [1.165, 1.54) is 0 Å². The summed E-state index contributed by atoms with van der Waals surface area (Å²) < 4.78 is 26.9. The van der Waals surface area contributed by atoms with Gasteiger partial charge in [-0.25, -0.2) is 8.42 Å². The first-order chi connectivity index (χ1) is 9.05. The number of hydrogen-bond acceptors (Lipinski definition) is 3. The third kappa shape index (κ3) is 3.16. The molecule has 0 aromatic heterocycles. The second-order valence-corrected chi connectivity index (χ2v) is 7.05. The Balaban J connectivity index is 2.21. The fourth-order valence-electron chi connectivity index (χ4n) is 2.61. The Hall–Kier alpha value is -0.910. The van der Waals surface area contributed by atoms with Crippen LogP contribution in [0.15, 0.2) is 29.2 Å². The summed E-state index contributed by atoms with van der Waals surface area (Å²) in [6.07, 6.45) is 3.64. The second-order valence-electron chi connectivity index (χ2n) is 5.16. The summed E-state index contributed by atoms with van der Waals surface area (Å²) in [6, 6.07) is 7.21. The summed E-state index contributed by atoms with van der Waals surface area (Å²) in [4.78, 5) is 0.401. The molecule has 1 atom stereocenters. The molecule has 2 N–H and O–H groups in total. The summed E-state index contributed by atoms with van der Waals surface area (Å²) in [5, 5.41) is 0. The summed E-state index contributed by atoms with van der Waals surface area (Å²) in [5.41, 5.74) is 6.59. The van der Waals surface area contributed by atoms with Crippen molar-refractivity contribution in [2.24, 2.45) is 5.73 Å². The predicted molar refractivity (Wildman–Crippen MR) is 76.4 cm³/mol. The zero-order valence-electron chi connectivity index (χ0n) is 11.4. The van der Waals surface area contributed by atoms with E-state index in [0.29, 0.717) is 18.0 Å². The molecule has 0 radical (unpaired) electrons. The summed E-state index contributed by atoms with van der Waals surface area (Å²) >= 11 is 0. The molecule has 0 aliphatic carbocycles. The number of sulfonamides is 1. The van der Waals surface area contributed by atoms with Crippen LogP contribution in [0.2, 0.25) is 0 Å². The number of aryl methyl sites for hydroxylation is 1. The fraction of sp³-hybridized carbons (Fsp3) is 0.571. The first-order valence-corrected chi connectivity index (χ1v) is 8.28. The number of nitrogens with zero attached hydrogens (tertiary/aromatic N) is 1. The topological polar surface area (TPSA) is 63.4 Å². The number of rotatable bonds is 5. The molecule has 1 heterocycles. The SMILES string of the molecule is Cc1ccc(S(=O)(=O)N2CCCC2CCCN)cc1. The highest BCUT2D eigenvalue weighted by Crippen LogP contribution is 2.28. The molecule has 1 aliphatic heterocycles. The molecule has 1 aliphatic rings. The number of hydrogen-bond donors (Lipinski definition) is 1. The molecule has 1 unspecified atom stereocenters. The van der Waals surface area contributed by atoms with Crippen molar-refractivity contribution in [3.63, 3.8) is 0 Å². The Kier molecular flexibility index (Phi) is 4.60. The molecular formula is C14H22N2O2S. The molecule has 0 amide bonds. The van der Waals surface area contributed by atoms with E-state index in [9.17, 15) is 8.42 Å².